The Balaban J connectivity index is 2.12. The second kappa shape index (κ2) is 4.55. The zero-order valence-corrected chi connectivity index (χ0v) is 10.7. The lowest BCUT2D eigenvalue weighted by Crippen LogP contribution is -2.25. The van der Waals surface area contributed by atoms with Gasteiger partial charge in [0, 0.05) is 17.6 Å². The predicted molar refractivity (Wildman–Crippen MR) is 64.9 cm³/mol. The van der Waals surface area contributed by atoms with Crippen LogP contribution in [0.25, 0.3) is 0 Å². The van der Waals surface area contributed by atoms with E-state index >= 15 is 0 Å². The molecule has 0 radical (unpaired) electrons. The van der Waals surface area contributed by atoms with E-state index in [0.29, 0.717) is 13.1 Å². The number of hydrogen-bond acceptors (Lipinski definition) is 2. The summed E-state index contributed by atoms with van der Waals surface area (Å²) in [5, 5.41) is 9.39. The second-order valence-corrected chi connectivity index (χ2v) is 5.12. The Morgan fingerprint density at radius 2 is 2.31 bits per heavy atom. The van der Waals surface area contributed by atoms with Crippen molar-refractivity contribution in [3.05, 3.63) is 33.8 Å². The van der Waals surface area contributed by atoms with Crippen molar-refractivity contribution in [1.29, 1.82) is 0 Å². The molecule has 1 amide bonds. The van der Waals surface area contributed by atoms with E-state index in [-0.39, 0.29) is 12.3 Å². The molecule has 86 valence electrons. The van der Waals surface area contributed by atoms with Crippen LogP contribution in [-0.2, 0) is 11.3 Å². The number of aliphatic hydroxyl groups excluding tert-OH is 1. The van der Waals surface area contributed by atoms with Crippen LogP contribution < -0.4 is 0 Å². The van der Waals surface area contributed by atoms with Crippen molar-refractivity contribution >= 4 is 21.8 Å². The van der Waals surface area contributed by atoms with Crippen LogP contribution >= 0.6 is 15.9 Å². The van der Waals surface area contributed by atoms with Crippen LogP contribution in [0.15, 0.2) is 22.7 Å². The highest BCUT2D eigenvalue weighted by Crippen LogP contribution is 2.20. The van der Waals surface area contributed by atoms with Gasteiger partial charge in [0.05, 0.1) is 12.5 Å². The molecule has 16 heavy (non-hydrogen) atoms. The fourth-order valence-corrected chi connectivity index (χ4v) is 2.42. The molecule has 1 saturated heterocycles. The smallest absolute Gasteiger partial charge is 0.225 e. The van der Waals surface area contributed by atoms with E-state index < -0.39 is 6.10 Å². The fourth-order valence-electron chi connectivity index (χ4n) is 1.95. The zero-order chi connectivity index (χ0) is 11.7. The van der Waals surface area contributed by atoms with E-state index in [1.807, 2.05) is 25.1 Å². The number of aryl methyl sites for hydroxylation is 1. The molecule has 4 heteroatoms. The van der Waals surface area contributed by atoms with E-state index in [2.05, 4.69) is 15.9 Å². The highest BCUT2D eigenvalue weighted by atomic mass is 79.9. The molecule has 1 fully saturated rings. The lowest BCUT2D eigenvalue weighted by molar-refractivity contribution is -0.128. The maximum Gasteiger partial charge on any atom is 0.225 e. The van der Waals surface area contributed by atoms with E-state index in [9.17, 15) is 9.90 Å². The van der Waals surface area contributed by atoms with E-state index in [0.717, 1.165) is 15.6 Å². The average molecular weight is 284 g/mol. The van der Waals surface area contributed by atoms with Gasteiger partial charge in [-0.25, -0.2) is 0 Å². The minimum absolute atomic E-state index is 0.0369. The summed E-state index contributed by atoms with van der Waals surface area (Å²) in [6.45, 7) is 3.07. The predicted octanol–water partition coefficient (Wildman–Crippen LogP) is 1.85. The van der Waals surface area contributed by atoms with Crippen LogP contribution in [0.2, 0.25) is 0 Å². The number of aliphatic hydroxyl groups is 1. The van der Waals surface area contributed by atoms with Crippen molar-refractivity contribution in [2.24, 2.45) is 0 Å². The van der Waals surface area contributed by atoms with E-state index in [4.69, 9.17) is 0 Å². The Labute approximate surface area is 103 Å². The van der Waals surface area contributed by atoms with Crippen LogP contribution in [0.1, 0.15) is 17.5 Å². The molecule has 1 atom stereocenters. The Kier molecular flexibility index (Phi) is 3.30. The minimum atomic E-state index is -0.497. The van der Waals surface area contributed by atoms with Gasteiger partial charge in [0.15, 0.2) is 0 Å². The molecule has 1 N–H and O–H groups in total. The number of β-amino-alcohol motifs (C(OH)–C–C–N with tert-alkyl or cyclic N) is 1. The van der Waals surface area contributed by atoms with Crippen LogP contribution in [0.4, 0.5) is 0 Å². The van der Waals surface area contributed by atoms with Crippen molar-refractivity contribution in [3.8, 4) is 0 Å². The Bertz CT molecular complexity index is 419. The van der Waals surface area contributed by atoms with Crippen molar-refractivity contribution in [1.82, 2.24) is 4.90 Å². The van der Waals surface area contributed by atoms with Gasteiger partial charge in [-0.3, -0.25) is 4.79 Å². The Morgan fingerprint density at radius 1 is 1.56 bits per heavy atom. The number of amides is 1. The van der Waals surface area contributed by atoms with Crippen molar-refractivity contribution in [3.63, 3.8) is 0 Å². The van der Waals surface area contributed by atoms with Crippen LogP contribution in [0.5, 0.6) is 0 Å². The highest BCUT2D eigenvalue weighted by molar-refractivity contribution is 9.10. The molecule has 0 aromatic heterocycles. The van der Waals surface area contributed by atoms with Crippen LogP contribution in [-0.4, -0.2) is 28.6 Å². The number of carbonyl (C=O) groups is 1. The summed E-state index contributed by atoms with van der Waals surface area (Å²) in [5.41, 5.74) is 2.29. The standard InChI is InChI=1S/C12H14BrNO2/c1-8-4-10(13)3-2-9(8)6-14-7-11(15)5-12(14)16/h2-4,11,15H,5-7H2,1H3. The Hall–Kier alpha value is -0.870. The highest BCUT2D eigenvalue weighted by Gasteiger charge is 2.27. The molecule has 1 aromatic carbocycles. The van der Waals surface area contributed by atoms with Crippen molar-refractivity contribution in [2.45, 2.75) is 26.0 Å². The average Bonchev–Trinajstić information content (AvgIpc) is 2.50. The van der Waals surface area contributed by atoms with Gasteiger partial charge >= 0.3 is 0 Å². The Morgan fingerprint density at radius 3 is 2.88 bits per heavy atom. The number of carbonyl (C=O) groups excluding carboxylic acids is 1. The van der Waals surface area contributed by atoms with Gasteiger partial charge in [-0.2, -0.15) is 0 Å². The lowest BCUT2D eigenvalue weighted by Gasteiger charge is -2.17. The largest absolute Gasteiger partial charge is 0.391 e. The first-order valence-electron chi connectivity index (χ1n) is 5.27. The first-order valence-corrected chi connectivity index (χ1v) is 6.06. The molecule has 0 saturated carbocycles. The number of halogens is 1. The lowest BCUT2D eigenvalue weighted by atomic mass is 10.1. The van der Waals surface area contributed by atoms with Crippen LogP contribution in [0.3, 0.4) is 0 Å². The number of likely N-dealkylation sites (tertiary alicyclic amines) is 1. The van der Waals surface area contributed by atoms with Gasteiger partial charge in [-0.05, 0) is 30.2 Å². The molecule has 1 unspecified atom stereocenters. The van der Waals surface area contributed by atoms with Crippen molar-refractivity contribution in [2.75, 3.05) is 6.54 Å². The molecule has 0 bridgehead atoms. The molecule has 0 aliphatic carbocycles. The zero-order valence-electron chi connectivity index (χ0n) is 9.11. The first-order chi connectivity index (χ1) is 7.56. The first kappa shape index (κ1) is 11.6. The monoisotopic (exact) mass is 283 g/mol. The van der Waals surface area contributed by atoms with Gasteiger partial charge in [0.25, 0.3) is 0 Å². The third-order valence-corrected chi connectivity index (χ3v) is 3.35. The number of rotatable bonds is 2. The third kappa shape index (κ3) is 2.44. The molecule has 1 aliphatic rings. The second-order valence-electron chi connectivity index (χ2n) is 4.20. The summed E-state index contributed by atoms with van der Waals surface area (Å²) in [6, 6.07) is 6.02. The van der Waals surface area contributed by atoms with Gasteiger partial charge < -0.3 is 10.0 Å². The van der Waals surface area contributed by atoms with E-state index in [1.165, 1.54) is 0 Å². The molecule has 3 nitrogen and oxygen atoms in total. The van der Waals surface area contributed by atoms with Gasteiger partial charge in [-0.15, -0.1) is 0 Å². The molecule has 1 heterocycles. The summed E-state index contributed by atoms with van der Waals surface area (Å²) in [7, 11) is 0. The SMILES string of the molecule is Cc1cc(Br)ccc1CN1CC(O)CC1=O. The fraction of sp³-hybridized carbons (Fsp3) is 0.417. The summed E-state index contributed by atoms with van der Waals surface area (Å²) in [4.78, 5) is 13.2. The van der Waals surface area contributed by atoms with Gasteiger partial charge in [-0.1, -0.05) is 22.0 Å². The normalized spacial score (nSPS) is 20.6. The van der Waals surface area contributed by atoms with Gasteiger partial charge in [0.2, 0.25) is 5.91 Å². The van der Waals surface area contributed by atoms with Gasteiger partial charge in [0.1, 0.15) is 0 Å². The van der Waals surface area contributed by atoms with E-state index in [1.54, 1.807) is 4.90 Å². The molecular weight excluding hydrogens is 270 g/mol. The minimum Gasteiger partial charge on any atom is -0.391 e. The maximum absolute atomic E-state index is 11.5. The summed E-state index contributed by atoms with van der Waals surface area (Å²) in [5.74, 6) is 0.0369. The molecule has 1 aromatic rings. The topological polar surface area (TPSA) is 40.5 Å². The molecule has 1 aliphatic heterocycles. The van der Waals surface area contributed by atoms with Crippen LogP contribution in [0, 0.1) is 6.92 Å². The summed E-state index contributed by atoms with van der Waals surface area (Å²) >= 11 is 3.41. The third-order valence-electron chi connectivity index (χ3n) is 2.86. The summed E-state index contributed by atoms with van der Waals surface area (Å²) in [6.07, 6.45) is -0.237. The van der Waals surface area contributed by atoms with Crippen molar-refractivity contribution < 1.29 is 9.90 Å². The number of benzene rings is 1. The number of hydrogen-bond donors (Lipinski definition) is 1. The summed E-state index contributed by atoms with van der Waals surface area (Å²) < 4.78 is 1.04. The quantitative estimate of drug-likeness (QED) is 0.900. The molecule has 0 spiro atoms. The maximum atomic E-state index is 11.5. The number of nitrogens with zero attached hydrogens (tertiary/aromatic N) is 1. The molecular formula is C12H14BrNO2. The molecule has 2 rings (SSSR count).